The number of likely N-dealkylation sites (N-methyl/N-ethyl adjacent to an activating group) is 1. The van der Waals surface area contributed by atoms with Crippen LogP contribution in [0.1, 0.15) is 28.8 Å². The first-order chi connectivity index (χ1) is 9.61. The summed E-state index contributed by atoms with van der Waals surface area (Å²) in [5.41, 5.74) is 1.96. The molecular formula is C18H21NO. The third-order valence-corrected chi connectivity index (χ3v) is 3.68. The smallest absolute Gasteiger partial charge is 0.180 e. The van der Waals surface area contributed by atoms with Crippen molar-refractivity contribution < 1.29 is 4.79 Å². The molecule has 0 aliphatic heterocycles. The molecule has 104 valence electrons. The van der Waals surface area contributed by atoms with Gasteiger partial charge in [-0.3, -0.25) is 9.69 Å². The highest BCUT2D eigenvalue weighted by atomic mass is 16.1. The van der Waals surface area contributed by atoms with E-state index < -0.39 is 0 Å². The van der Waals surface area contributed by atoms with Gasteiger partial charge in [0.1, 0.15) is 0 Å². The van der Waals surface area contributed by atoms with E-state index in [0.29, 0.717) is 0 Å². The minimum Gasteiger partial charge on any atom is -0.299 e. The Morgan fingerprint density at radius 2 is 1.40 bits per heavy atom. The van der Waals surface area contributed by atoms with Crippen LogP contribution in [0.4, 0.5) is 0 Å². The summed E-state index contributed by atoms with van der Waals surface area (Å²) in [7, 11) is 3.93. The summed E-state index contributed by atoms with van der Waals surface area (Å²) in [6.07, 6.45) is 0. The largest absolute Gasteiger partial charge is 0.299 e. The zero-order valence-corrected chi connectivity index (χ0v) is 12.3. The van der Waals surface area contributed by atoms with E-state index in [-0.39, 0.29) is 17.7 Å². The van der Waals surface area contributed by atoms with Crippen LogP contribution >= 0.6 is 0 Å². The van der Waals surface area contributed by atoms with Gasteiger partial charge in [0.05, 0.1) is 6.04 Å². The summed E-state index contributed by atoms with van der Waals surface area (Å²) in [6, 6.07) is 19.6. The normalized spacial score (nSPS) is 14.0. The molecule has 0 saturated carbocycles. The molecule has 2 heteroatoms. The molecule has 2 aromatic carbocycles. The van der Waals surface area contributed by atoms with E-state index in [1.807, 2.05) is 67.5 Å². The van der Waals surface area contributed by atoms with Crippen LogP contribution in [-0.4, -0.2) is 30.8 Å². The summed E-state index contributed by atoms with van der Waals surface area (Å²) in [5.74, 6) is 0.325. The predicted octanol–water partition coefficient (Wildman–Crippen LogP) is 3.60. The Balaban J connectivity index is 2.30. The summed E-state index contributed by atoms with van der Waals surface area (Å²) < 4.78 is 0. The maximum absolute atomic E-state index is 12.8. The molecule has 0 radical (unpaired) electrons. The Hall–Kier alpha value is -1.93. The van der Waals surface area contributed by atoms with Gasteiger partial charge in [-0.2, -0.15) is 0 Å². The number of hydrogen-bond acceptors (Lipinski definition) is 2. The van der Waals surface area contributed by atoms with Gasteiger partial charge in [-0.25, -0.2) is 0 Å². The average Bonchev–Trinajstić information content (AvgIpc) is 2.48. The average molecular weight is 267 g/mol. The molecule has 1 unspecified atom stereocenters. The third-order valence-electron chi connectivity index (χ3n) is 3.68. The lowest BCUT2D eigenvalue weighted by atomic mass is 9.87. The topological polar surface area (TPSA) is 20.3 Å². The Morgan fingerprint density at radius 3 is 1.90 bits per heavy atom. The van der Waals surface area contributed by atoms with Gasteiger partial charge in [-0.15, -0.1) is 0 Å². The molecule has 2 atom stereocenters. The first-order valence-electron chi connectivity index (χ1n) is 6.92. The van der Waals surface area contributed by atoms with Gasteiger partial charge in [-0.1, -0.05) is 67.6 Å². The molecular weight excluding hydrogens is 246 g/mol. The van der Waals surface area contributed by atoms with Gasteiger partial charge in [0.25, 0.3) is 0 Å². The molecule has 0 aromatic heterocycles. The molecule has 0 N–H and O–H groups in total. The van der Waals surface area contributed by atoms with Gasteiger partial charge in [0.15, 0.2) is 5.78 Å². The fourth-order valence-corrected chi connectivity index (χ4v) is 2.62. The molecule has 0 heterocycles. The lowest BCUT2D eigenvalue weighted by molar-refractivity contribution is 0.0852. The second kappa shape index (κ2) is 6.49. The molecule has 0 bridgehead atoms. The van der Waals surface area contributed by atoms with Crippen molar-refractivity contribution in [2.45, 2.75) is 18.9 Å². The first kappa shape index (κ1) is 14.5. The van der Waals surface area contributed by atoms with Gasteiger partial charge in [0, 0.05) is 11.5 Å². The van der Waals surface area contributed by atoms with Crippen LogP contribution < -0.4 is 0 Å². The summed E-state index contributed by atoms with van der Waals surface area (Å²) in [5, 5.41) is 0. The molecule has 2 rings (SSSR count). The van der Waals surface area contributed by atoms with E-state index in [4.69, 9.17) is 0 Å². The third kappa shape index (κ3) is 3.14. The molecule has 2 aromatic rings. The van der Waals surface area contributed by atoms with E-state index in [1.54, 1.807) is 0 Å². The Kier molecular flexibility index (Phi) is 4.70. The maximum Gasteiger partial charge on any atom is 0.180 e. The van der Waals surface area contributed by atoms with Crippen molar-refractivity contribution in [2.75, 3.05) is 14.1 Å². The first-order valence-corrected chi connectivity index (χ1v) is 6.92. The molecule has 0 spiro atoms. The molecule has 0 saturated heterocycles. The number of nitrogens with zero attached hydrogens (tertiary/aromatic N) is 1. The highest BCUT2D eigenvalue weighted by molar-refractivity contribution is 6.00. The van der Waals surface area contributed by atoms with Gasteiger partial charge in [-0.05, 0) is 19.7 Å². The SMILES string of the molecule is C[C@@H](c1ccccc1)C(C(=O)c1ccccc1)N(C)C. The highest BCUT2D eigenvalue weighted by Crippen LogP contribution is 2.24. The van der Waals surface area contributed by atoms with E-state index >= 15 is 0 Å². The van der Waals surface area contributed by atoms with Gasteiger partial charge < -0.3 is 0 Å². The molecule has 0 aliphatic carbocycles. The van der Waals surface area contributed by atoms with E-state index in [9.17, 15) is 4.79 Å². The second-order valence-corrected chi connectivity index (χ2v) is 5.34. The van der Waals surface area contributed by atoms with Crippen LogP contribution in [0.3, 0.4) is 0 Å². The van der Waals surface area contributed by atoms with Gasteiger partial charge in [0.2, 0.25) is 0 Å². The second-order valence-electron chi connectivity index (χ2n) is 5.34. The minimum absolute atomic E-state index is 0.152. The van der Waals surface area contributed by atoms with E-state index in [2.05, 4.69) is 19.1 Å². The van der Waals surface area contributed by atoms with E-state index in [0.717, 1.165) is 5.56 Å². The van der Waals surface area contributed by atoms with Crippen molar-refractivity contribution in [1.29, 1.82) is 0 Å². The van der Waals surface area contributed by atoms with Crippen LogP contribution in [0.25, 0.3) is 0 Å². The van der Waals surface area contributed by atoms with Crippen molar-refractivity contribution in [3.63, 3.8) is 0 Å². The van der Waals surface area contributed by atoms with Gasteiger partial charge >= 0.3 is 0 Å². The number of Topliss-reactive ketones (excluding diaryl/α,β-unsaturated/α-hetero) is 1. The van der Waals surface area contributed by atoms with Crippen LogP contribution in [0.5, 0.6) is 0 Å². The monoisotopic (exact) mass is 267 g/mol. The molecule has 0 fully saturated rings. The fraction of sp³-hybridized carbons (Fsp3) is 0.278. The summed E-state index contributed by atoms with van der Waals surface area (Å²) in [4.78, 5) is 14.8. The molecule has 0 amide bonds. The quantitative estimate of drug-likeness (QED) is 0.771. The Labute approximate surface area is 121 Å². The lowest BCUT2D eigenvalue weighted by Crippen LogP contribution is -2.40. The number of benzene rings is 2. The number of hydrogen-bond donors (Lipinski definition) is 0. The van der Waals surface area contributed by atoms with Crippen molar-refractivity contribution in [2.24, 2.45) is 0 Å². The number of carbonyl (C=O) groups excluding carboxylic acids is 1. The van der Waals surface area contributed by atoms with Crippen LogP contribution in [-0.2, 0) is 0 Å². The predicted molar refractivity (Wildman–Crippen MR) is 83.1 cm³/mol. The zero-order chi connectivity index (χ0) is 14.5. The van der Waals surface area contributed by atoms with Crippen molar-refractivity contribution in [3.05, 3.63) is 71.8 Å². The summed E-state index contributed by atoms with van der Waals surface area (Å²) >= 11 is 0. The highest BCUT2D eigenvalue weighted by Gasteiger charge is 2.28. The van der Waals surface area contributed by atoms with Crippen molar-refractivity contribution in [3.8, 4) is 0 Å². The molecule has 0 aliphatic rings. The molecule has 20 heavy (non-hydrogen) atoms. The fourth-order valence-electron chi connectivity index (χ4n) is 2.62. The number of ketones is 1. The lowest BCUT2D eigenvalue weighted by Gasteiger charge is -2.29. The number of rotatable bonds is 5. The van der Waals surface area contributed by atoms with Crippen molar-refractivity contribution in [1.82, 2.24) is 4.90 Å². The maximum atomic E-state index is 12.8. The van der Waals surface area contributed by atoms with Crippen LogP contribution in [0.2, 0.25) is 0 Å². The standard InChI is InChI=1S/C18H21NO/c1-14(15-10-6-4-7-11-15)17(19(2)3)18(20)16-12-8-5-9-13-16/h4-14,17H,1-3H3/t14-,17?/m0/s1. The Morgan fingerprint density at radius 1 is 0.900 bits per heavy atom. The van der Waals surface area contributed by atoms with Crippen LogP contribution in [0.15, 0.2) is 60.7 Å². The van der Waals surface area contributed by atoms with Crippen molar-refractivity contribution >= 4 is 5.78 Å². The van der Waals surface area contributed by atoms with Crippen LogP contribution in [0, 0.1) is 0 Å². The van der Waals surface area contributed by atoms with E-state index in [1.165, 1.54) is 5.56 Å². The number of carbonyl (C=O) groups is 1. The Bertz CT molecular complexity index is 548. The minimum atomic E-state index is -0.153. The summed E-state index contributed by atoms with van der Waals surface area (Å²) in [6.45, 7) is 2.11. The zero-order valence-electron chi connectivity index (χ0n) is 12.3. The molecule has 2 nitrogen and oxygen atoms in total.